The molecule has 0 spiro atoms. The molecule has 0 N–H and O–H groups in total. The fraction of sp³-hybridized carbons (Fsp3) is 0.125. The number of esters is 1. The first kappa shape index (κ1) is 14.5. The van der Waals surface area contributed by atoms with E-state index in [0.29, 0.717) is 16.6 Å². The summed E-state index contributed by atoms with van der Waals surface area (Å²) in [5.74, 6) is 0.240. The van der Waals surface area contributed by atoms with E-state index in [9.17, 15) is 9.59 Å². The van der Waals surface area contributed by atoms with Crippen molar-refractivity contribution in [1.29, 1.82) is 0 Å². The highest BCUT2D eigenvalue weighted by atomic mass is 79.9. The van der Waals surface area contributed by atoms with E-state index in [2.05, 4.69) is 15.9 Å². The van der Waals surface area contributed by atoms with Crippen molar-refractivity contribution in [2.75, 3.05) is 5.33 Å². The highest BCUT2D eigenvalue weighted by molar-refractivity contribution is 9.09. The smallest absolute Gasteiger partial charge is 0.308 e. The summed E-state index contributed by atoms with van der Waals surface area (Å²) in [7, 11) is 0. The van der Waals surface area contributed by atoms with Gasteiger partial charge in [0.1, 0.15) is 5.75 Å². The Kier molecular flexibility index (Phi) is 4.69. The maximum absolute atomic E-state index is 11.5. The van der Waals surface area contributed by atoms with Crippen molar-refractivity contribution in [3.63, 3.8) is 0 Å². The van der Waals surface area contributed by atoms with Gasteiger partial charge in [-0.3, -0.25) is 9.59 Å². The molecule has 0 atom stereocenters. The molecule has 102 valence electrons. The number of ether oxygens (including phenoxy) is 1. The number of benzene rings is 2. The van der Waals surface area contributed by atoms with E-state index in [-0.39, 0.29) is 11.8 Å². The summed E-state index contributed by atoms with van der Waals surface area (Å²) in [5, 5.41) is 0.323. The molecule has 2 rings (SSSR count). The maximum Gasteiger partial charge on any atom is 0.308 e. The quantitative estimate of drug-likeness (QED) is 0.369. The van der Waals surface area contributed by atoms with Crippen LogP contribution in [0.15, 0.2) is 48.5 Å². The zero-order valence-electron chi connectivity index (χ0n) is 10.9. The van der Waals surface area contributed by atoms with Crippen LogP contribution >= 0.6 is 15.9 Å². The topological polar surface area (TPSA) is 43.4 Å². The highest BCUT2D eigenvalue weighted by Crippen LogP contribution is 2.23. The minimum absolute atomic E-state index is 0.0572. The Morgan fingerprint density at radius 2 is 1.45 bits per heavy atom. The fourth-order valence-corrected chi connectivity index (χ4v) is 2.13. The predicted octanol–water partition coefficient (Wildman–Crippen LogP) is 3.86. The van der Waals surface area contributed by atoms with E-state index in [1.54, 1.807) is 24.3 Å². The Labute approximate surface area is 125 Å². The molecule has 0 aliphatic rings. The summed E-state index contributed by atoms with van der Waals surface area (Å²) in [6.45, 7) is 1.37. The summed E-state index contributed by atoms with van der Waals surface area (Å²) >= 11 is 3.15. The van der Waals surface area contributed by atoms with Crippen molar-refractivity contribution < 1.29 is 14.3 Å². The Balaban J connectivity index is 2.19. The van der Waals surface area contributed by atoms with Gasteiger partial charge in [-0.15, -0.1) is 0 Å². The van der Waals surface area contributed by atoms with Gasteiger partial charge in [-0.25, -0.2) is 0 Å². The van der Waals surface area contributed by atoms with Gasteiger partial charge in [-0.2, -0.15) is 0 Å². The van der Waals surface area contributed by atoms with Crippen LogP contribution in [0.3, 0.4) is 0 Å². The van der Waals surface area contributed by atoms with E-state index in [4.69, 9.17) is 4.74 Å². The number of ketones is 1. The molecule has 0 unspecified atom stereocenters. The number of hydrogen-bond donors (Lipinski definition) is 0. The van der Waals surface area contributed by atoms with Crippen LogP contribution < -0.4 is 4.74 Å². The lowest BCUT2D eigenvalue weighted by atomic mass is 10.0. The van der Waals surface area contributed by atoms with Crippen LogP contribution in [0.2, 0.25) is 0 Å². The van der Waals surface area contributed by atoms with Gasteiger partial charge in [0.15, 0.2) is 5.78 Å². The second-order valence-corrected chi connectivity index (χ2v) is 4.81. The SMILES string of the molecule is CC(=O)Oc1ccc(-c2ccc(C(=O)CBr)cc2)cc1. The molecule has 0 heterocycles. The van der Waals surface area contributed by atoms with Gasteiger partial charge < -0.3 is 4.74 Å². The lowest BCUT2D eigenvalue weighted by molar-refractivity contribution is -0.131. The lowest BCUT2D eigenvalue weighted by Crippen LogP contribution is -2.01. The molecule has 0 saturated carbocycles. The summed E-state index contributed by atoms with van der Waals surface area (Å²) in [6.07, 6.45) is 0. The summed E-state index contributed by atoms with van der Waals surface area (Å²) in [4.78, 5) is 22.4. The Morgan fingerprint density at radius 1 is 0.950 bits per heavy atom. The van der Waals surface area contributed by atoms with Gasteiger partial charge >= 0.3 is 5.97 Å². The molecule has 2 aromatic rings. The number of alkyl halides is 1. The van der Waals surface area contributed by atoms with Crippen molar-refractivity contribution in [3.8, 4) is 16.9 Å². The van der Waals surface area contributed by atoms with Crippen LogP contribution in [0.1, 0.15) is 17.3 Å². The largest absolute Gasteiger partial charge is 0.427 e. The molecule has 0 radical (unpaired) electrons. The molecule has 0 amide bonds. The zero-order valence-corrected chi connectivity index (χ0v) is 12.5. The summed E-state index contributed by atoms with van der Waals surface area (Å²) in [5.41, 5.74) is 2.69. The highest BCUT2D eigenvalue weighted by Gasteiger charge is 2.05. The second-order valence-electron chi connectivity index (χ2n) is 4.25. The average molecular weight is 333 g/mol. The molecule has 0 saturated heterocycles. The molecule has 0 fully saturated rings. The van der Waals surface area contributed by atoms with Crippen molar-refractivity contribution >= 4 is 27.7 Å². The summed E-state index contributed by atoms with van der Waals surface area (Å²) < 4.78 is 4.98. The Hall–Kier alpha value is -1.94. The first-order valence-electron chi connectivity index (χ1n) is 6.08. The van der Waals surface area contributed by atoms with Gasteiger partial charge in [0.2, 0.25) is 0 Å². The second kappa shape index (κ2) is 6.48. The molecule has 0 aromatic heterocycles. The number of carbonyl (C=O) groups excluding carboxylic acids is 2. The van der Waals surface area contributed by atoms with E-state index >= 15 is 0 Å². The van der Waals surface area contributed by atoms with Crippen LogP contribution in [0.4, 0.5) is 0 Å². The molecular weight excluding hydrogens is 320 g/mol. The Bertz CT molecular complexity index is 615. The zero-order chi connectivity index (χ0) is 14.5. The molecule has 3 nitrogen and oxygen atoms in total. The Morgan fingerprint density at radius 3 is 1.90 bits per heavy atom. The number of hydrogen-bond acceptors (Lipinski definition) is 3. The molecule has 0 bridgehead atoms. The molecule has 2 aromatic carbocycles. The van der Waals surface area contributed by atoms with Gasteiger partial charge in [-0.1, -0.05) is 52.3 Å². The molecule has 0 aliphatic carbocycles. The first-order valence-corrected chi connectivity index (χ1v) is 7.20. The molecule has 0 aliphatic heterocycles. The molecule has 20 heavy (non-hydrogen) atoms. The van der Waals surface area contributed by atoms with Gasteiger partial charge in [-0.05, 0) is 23.3 Å². The van der Waals surface area contributed by atoms with Crippen molar-refractivity contribution in [1.82, 2.24) is 0 Å². The van der Waals surface area contributed by atoms with Crippen LogP contribution in [0.25, 0.3) is 11.1 Å². The third-order valence-electron chi connectivity index (χ3n) is 2.78. The van der Waals surface area contributed by atoms with E-state index in [0.717, 1.165) is 11.1 Å². The van der Waals surface area contributed by atoms with Crippen LogP contribution in [-0.4, -0.2) is 17.1 Å². The van der Waals surface area contributed by atoms with E-state index in [1.165, 1.54) is 6.92 Å². The maximum atomic E-state index is 11.5. The average Bonchev–Trinajstić information content (AvgIpc) is 2.47. The van der Waals surface area contributed by atoms with Crippen LogP contribution in [0.5, 0.6) is 5.75 Å². The third-order valence-corrected chi connectivity index (χ3v) is 3.29. The lowest BCUT2D eigenvalue weighted by Gasteiger charge is -2.05. The van der Waals surface area contributed by atoms with Crippen molar-refractivity contribution in [2.45, 2.75) is 6.92 Å². The number of halogens is 1. The van der Waals surface area contributed by atoms with Crippen molar-refractivity contribution in [3.05, 3.63) is 54.1 Å². The third kappa shape index (κ3) is 3.54. The normalized spacial score (nSPS) is 10.1. The monoisotopic (exact) mass is 332 g/mol. The standard InChI is InChI=1S/C16H13BrO3/c1-11(18)20-15-8-6-13(7-9-15)12-2-4-14(5-3-12)16(19)10-17/h2-9H,10H2,1H3. The summed E-state index contributed by atoms with van der Waals surface area (Å²) in [6, 6.07) is 14.6. The van der Waals surface area contributed by atoms with Gasteiger partial charge in [0.25, 0.3) is 0 Å². The van der Waals surface area contributed by atoms with Gasteiger partial charge in [0, 0.05) is 12.5 Å². The van der Waals surface area contributed by atoms with Gasteiger partial charge in [0.05, 0.1) is 5.33 Å². The first-order chi connectivity index (χ1) is 9.60. The number of carbonyl (C=O) groups is 2. The minimum Gasteiger partial charge on any atom is -0.427 e. The molecule has 4 heteroatoms. The predicted molar refractivity (Wildman–Crippen MR) is 81.3 cm³/mol. The van der Waals surface area contributed by atoms with E-state index in [1.807, 2.05) is 24.3 Å². The molecular formula is C16H13BrO3. The van der Waals surface area contributed by atoms with Crippen molar-refractivity contribution in [2.24, 2.45) is 0 Å². The minimum atomic E-state index is -0.338. The van der Waals surface area contributed by atoms with Crippen LogP contribution in [-0.2, 0) is 4.79 Å². The van der Waals surface area contributed by atoms with E-state index < -0.39 is 0 Å². The number of rotatable bonds is 4. The number of Topliss-reactive ketones (excluding diaryl/α,β-unsaturated/α-hetero) is 1. The fourth-order valence-electron chi connectivity index (χ4n) is 1.81. The van der Waals surface area contributed by atoms with Crippen LogP contribution in [0, 0.1) is 0 Å².